The van der Waals surface area contributed by atoms with Gasteiger partial charge in [0.05, 0.1) is 18.5 Å². The third-order valence-corrected chi connectivity index (χ3v) is 4.40. The molecular weight excluding hydrogens is 310 g/mol. The van der Waals surface area contributed by atoms with E-state index in [0.29, 0.717) is 25.7 Å². The van der Waals surface area contributed by atoms with Gasteiger partial charge in [0.1, 0.15) is 0 Å². The summed E-state index contributed by atoms with van der Waals surface area (Å²) in [5.74, 6) is -0.0278. The van der Waals surface area contributed by atoms with Gasteiger partial charge in [0.2, 0.25) is 5.91 Å². The van der Waals surface area contributed by atoms with Crippen LogP contribution in [0.2, 0.25) is 5.02 Å². The molecule has 0 aromatic heterocycles. The molecule has 1 aliphatic rings. The number of nitrogens with zero attached hydrogens (tertiary/aromatic N) is 3. The van der Waals surface area contributed by atoms with E-state index in [-0.39, 0.29) is 11.8 Å². The van der Waals surface area contributed by atoms with E-state index in [9.17, 15) is 4.79 Å². The molecule has 0 spiro atoms. The molecule has 1 saturated carbocycles. The molecule has 1 atom stereocenters. The Hall–Kier alpha value is -1.57. The van der Waals surface area contributed by atoms with Crippen molar-refractivity contribution in [1.82, 2.24) is 9.80 Å². The summed E-state index contributed by atoms with van der Waals surface area (Å²) in [4.78, 5) is 16.6. The third-order valence-electron chi connectivity index (χ3n) is 4.15. The first-order valence-electron chi connectivity index (χ1n) is 8.19. The van der Waals surface area contributed by atoms with Crippen molar-refractivity contribution in [3.05, 3.63) is 34.9 Å². The van der Waals surface area contributed by atoms with Crippen molar-refractivity contribution in [2.75, 3.05) is 19.6 Å². The summed E-state index contributed by atoms with van der Waals surface area (Å²) >= 11 is 5.93. The molecule has 0 N–H and O–H groups in total. The Morgan fingerprint density at radius 2 is 2.04 bits per heavy atom. The highest BCUT2D eigenvalue weighted by atomic mass is 35.5. The maximum Gasteiger partial charge on any atom is 0.236 e. The maximum atomic E-state index is 12.6. The van der Waals surface area contributed by atoms with Gasteiger partial charge in [-0.05, 0) is 44.4 Å². The summed E-state index contributed by atoms with van der Waals surface area (Å²) in [5, 5.41) is 9.68. The van der Waals surface area contributed by atoms with Crippen LogP contribution in [0.3, 0.4) is 0 Å². The average molecular weight is 334 g/mol. The molecule has 4 nitrogen and oxygen atoms in total. The lowest BCUT2D eigenvalue weighted by molar-refractivity contribution is -0.132. The van der Waals surface area contributed by atoms with Gasteiger partial charge in [0.25, 0.3) is 0 Å². The van der Waals surface area contributed by atoms with Gasteiger partial charge in [-0.25, -0.2) is 0 Å². The number of nitriles is 1. The van der Waals surface area contributed by atoms with Crippen LogP contribution >= 0.6 is 11.6 Å². The zero-order chi connectivity index (χ0) is 16.8. The molecule has 0 radical (unpaired) electrons. The largest absolute Gasteiger partial charge is 0.341 e. The fraction of sp³-hybridized carbons (Fsp3) is 0.556. The van der Waals surface area contributed by atoms with Gasteiger partial charge in [-0.2, -0.15) is 5.26 Å². The average Bonchev–Trinajstić information content (AvgIpc) is 3.38. The Balaban J connectivity index is 1.97. The summed E-state index contributed by atoms with van der Waals surface area (Å²) in [7, 11) is 0. The molecule has 0 heterocycles. The summed E-state index contributed by atoms with van der Waals surface area (Å²) in [6.07, 6.45) is 2.31. The first kappa shape index (κ1) is 17.8. The minimum Gasteiger partial charge on any atom is -0.341 e. The van der Waals surface area contributed by atoms with E-state index < -0.39 is 0 Å². The molecular formula is C18H24ClN3O. The Bertz CT molecular complexity index is 563. The first-order valence-corrected chi connectivity index (χ1v) is 8.57. The van der Waals surface area contributed by atoms with Crippen molar-refractivity contribution < 1.29 is 4.79 Å². The number of hydrogen-bond acceptors (Lipinski definition) is 3. The molecule has 1 amide bonds. The van der Waals surface area contributed by atoms with Crippen molar-refractivity contribution >= 4 is 17.5 Å². The Morgan fingerprint density at radius 1 is 1.39 bits per heavy atom. The lowest BCUT2D eigenvalue weighted by atomic mass is 10.2. The topological polar surface area (TPSA) is 47.3 Å². The standard InChI is InChI=1S/C18H24ClN3O/c1-3-21(11-14(2)10-20)18(23)13-22(17-8-9-17)12-15-4-6-16(19)7-5-15/h4-7,14,17H,3,8-9,11-13H2,1-2H3. The summed E-state index contributed by atoms with van der Waals surface area (Å²) in [5.41, 5.74) is 1.17. The molecule has 5 heteroatoms. The van der Waals surface area contributed by atoms with Gasteiger partial charge in [-0.1, -0.05) is 23.7 Å². The van der Waals surface area contributed by atoms with Gasteiger partial charge in [-0.3, -0.25) is 9.69 Å². The molecule has 2 rings (SSSR count). The monoisotopic (exact) mass is 333 g/mol. The molecule has 1 aromatic rings. The number of hydrogen-bond donors (Lipinski definition) is 0. The second kappa shape index (κ2) is 8.33. The number of likely N-dealkylation sites (N-methyl/N-ethyl adjacent to an activating group) is 1. The maximum absolute atomic E-state index is 12.6. The van der Waals surface area contributed by atoms with Crippen LogP contribution in [0.1, 0.15) is 32.3 Å². The Kier molecular flexibility index (Phi) is 6.44. The highest BCUT2D eigenvalue weighted by Gasteiger charge is 2.31. The van der Waals surface area contributed by atoms with E-state index >= 15 is 0 Å². The zero-order valence-electron chi connectivity index (χ0n) is 13.8. The molecule has 1 fully saturated rings. The van der Waals surface area contributed by atoms with Gasteiger partial charge in [0.15, 0.2) is 0 Å². The lowest BCUT2D eigenvalue weighted by Gasteiger charge is -2.27. The molecule has 1 unspecified atom stereocenters. The van der Waals surface area contributed by atoms with Crippen LogP contribution < -0.4 is 0 Å². The van der Waals surface area contributed by atoms with Crippen LogP contribution in [0.15, 0.2) is 24.3 Å². The van der Waals surface area contributed by atoms with E-state index in [0.717, 1.165) is 24.4 Å². The second-order valence-electron chi connectivity index (χ2n) is 6.23. The van der Waals surface area contributed by atoms with E-state index in [2.05, 4.69) is 11.0 Å². The predicted molar refractivity (Wildman–Crippen MR) is 91.9 cm³/mol. The molecule has 1 aromatic carbocycles. The predicted octanol–water partition coefficient (Wildman–Crippen LogP) is 3.31. The van der Waals surface area contributed by atoms with E-state index in [1.165, 1.54) is 5.56 Å². The SMILES string of the molecule is CCN(CC(C)C#N)C(=O)CN(Cc1ccc(Cl)cc1)C1CC1. The van der Waals surface area contributed by atoms with Gasteiger partial charge < -0.3 is 4.90 Å². The first-order chi connectivity index (χ1) is 11.0. The van der Waals surface area contributed by atoms with E-state index in [1.807, 2.05) is 38.1 Å². The van der Waals surface area contributed by atoms with Crippen LogP contribution in [0, 0.1) is 17.2 Å². The van der Waals surface area contributed by atoms with Crippen molar-refractivity contribution in [1.29, 1.82) is 5.26 Å². The van der Waals surface area contributed by atoms with Crippen molar-refractivity contribution in [2.24, 2.45) is 5.92 Å². The van der Waals surface area contributed by atoms with Gasteiger partial charge in [0, 0.05) is 30.7 Å². The van der Waals surface area contributed by atoms with Crippen LogP contribution in [0.4, 0.5) is 0 Å². The van der Waals surface area contributed by atoms with Crippen LogP contribution in [0.25, 0.3) is 0 Å². The molecule has 124 valence electrons. The number of carbonyl (C=O) groups is 1. The smallest absolute Gasteiger partial charge is 0.236 e. The van der Waals surface area contributed by atoms with E-state index in [1.54, 1.807) is 4.90 Å². The van der Waals surface area contributed by atoms with Crippen molar-refractivity contribution in [2.45, 2.75) is 39.3 Å². The minimum atomic E-state index is -0.135. The lowest BCUT2D eigenvalue weighted by Crippen LogP contribution is -2.42. The van der Waals surface area contributed by atoms with Crippen LogP contribution in [0.5, 0.6) is 0 Å². The number of carbonyl (C=O) groups excluding carboxylic acids is 1. The molecule has 23 heavy (non-hydrogen) atoms. The number of benzene rings is 1. The fourth-order valence-corrected chi connectivity index (χ4v) is 2.76. The van der Waals surface area contributed by atoms with Crippen molar-refractivity contribution in [3.63, 3.8) is 0 Å². The Labute approximate surface area is 143 Å². The van der Waals surface area contributed by atoms with Crippen LogP contribution in [-0.2, 0) is 11.3 Å². The molecule has 1 aliphatic carbocycles. The van der Waals surface area contributed by atoms with Gasteiger partial charge in [-0.15, -0.1) is 0 Å². The fourth-order valence-electron chi connectivity index (χ4n) is 2.63. The minimum absolute atomic E-state index is 0.107. The summed E-state index contributed by atoms with van der Waals surface area (Å²) < 4.78 is 0. The number of amides is 1. The number of rotatable bonds is 8. The van der Waals surface area contributed by atoms with Gasteiger partial charge >= 0.3 is 0 Å². The normalized spacial score (nSPS) is 15.3. The van der Waals surface area contributed by atoms with E-state index in [4.69, 9.17) is 16.9 Å². The van der Waals surface area contributed by atoms with Crippen LogP contribution in [-0.4, -0.2) is 41.4 Å². The molecule has 0 bridgehead atoms. The Morgan fingerprint density at radius 3 is 2.57 bits per heavy atom. The second-order valence-corrected chi connectivity index (χ2v) is 6.66. The molecule has 0 aliphatic heterocycles. The highest BCUT2D eigenvalue weighted by Crippen LogP contribution is 2.28. The third kappa shape index (κ3) is 5.53. The number of halogens is 1. The quantitative estimate of drug-likeness (QED) is 0.733. The molecule has 0 saturated heterocycles. The summed E-state index contributed by atoms with van der Waals surface area (Å²) in [6.45, 7) is 6.14. The van der Waals surface area contributed by atoms with Crippen molar-refractivity contribution in [3.8, 4) is 6.07 Å². The summed E-state index contributed by atoms with van der Waals surface area (Å²) in [6, 6.07) is 10.5. The zero-order valence-corrected chi connectivity index (χ0v) is 14.6. The highest BCUT2D eigenvalue weighted by molar-refractivity contribution is 6.30.